The van der Waals surface area contributed by atoms with Crippen LogP contribution in [0.4, 0.5) is 0 Å². The Hall–Kier alpha value is -0.960. The second-order valence-electron chi connectivity index (χ2n) is 1.46. The molecular formula is C5H6NO2. The minimum atomic E-state index is -1.19. The largest absolute Gasteiger partial charge is 0.464 e. The first-order valence-electron chi connectivity index (χ1n) is 2.24. The zero-order valence-electron chi connectivity index (χ0n) is 4.20. The van der Waals surface area contributed by atoms with Gasteiger partial charge in [-0.3, -0.25) is 0 Å². The number of allylic oxidation sites excluding steroid dienone is 2. The molecule has 1 rings (SSSR count). The maximum atomic E-state index is 10.4. The van der Waals surface area contributed by atoms with Crippen molar-refractivity contribution < 1.29 is 9.84 Å². The molecule has 0 spiro atoms. The predicted molar refractivity (Wildman–Crippen MR) is 27.0 cm³/mol. The molecule has 0 bridgehead atoms. The van der Waals surface area contributed by atoms with E-state index >= 15 is 0 Å². The highest BCUT2D eigenvalue weighted by Gasteiger charge is 2.08. The van der Waals surface area contributed by atoms with E-state index in [1.807, 2.05) is 0 Å². The van der Waals surface area contributed by atoms with E-state index in [2.05, 4.69) is 4.74 Å². The van der Waals surface area contributed by atoms with Crippen molar-refractivity contribution in [1.82, 2.24) is 0 Å². The van der Waals surface area contributed by atoms with Gasteiger partial charge in [0, 0.05) is 0 Å². The van der Waals surface area contributed by atoms with Crippen LogP contribution < -0.4 is 5.73 Å². The van der Waals surface area contributed by atoms with Gasteiger partial charge in [-0.1, -0.05) is 0 Å². The molecule has 0 saturated heterocycles. The van der Waals surface area contributed by atoms with Crippen LogP contribution >= 0.6 is 0 Å². The SMILES string of the molecule is NC1=CC=COC1[O]. The molecule has 1 heterocycles. The zero-order chi connectivity index (χ0) is 5.98. The van der Waals surface area contributed by atoms with Gasteiger partial charge in [0.2, 0.25) is 0 Å². The van der Waals surface area contributed by atoms with E-state index in [0.29, 0.717) is 0 Å². The highest BCUT2D eigenvalue weighted by molar-refractivity contribution is 5.13. The van der Waals surface area contributed by atoms with E-state index in [4.69, 9.17) is 5.73 Å². The summed E-state index contributed by atoms with van der Waals surface area (Å²) in [6, 6.07) is 0. The smallest absolute Gasteiger partial charge is 0.269 e. The van der Waals surface area contributed by atoms with Crippen molar-refractivity contribution in [1.29, 1.82) is 0 Å². The molecule has 0 aromatic rings. The fraction of sp³-hybridized carbons (Fsp3) is 0.200. The van der Waals surface area contributed by atoms with Gasteiger partial charge < -0.3 is 10.5 Å². The predicted octanol–water partition coefficient (Wildman–Crippen LogP) is 0.130. The number of rotatable bonds is 0. The molecular weight excluding hydrogens is 106 g/mol. The van der Waals surface area contributed by atoms with Crippen molar-refractivity contribution in [3.05, 3.63) is 24.1 Å². The Morgan fingerprint density at radius 1 is 1.75 bits per heavy atom. The monoisotopic (exact) mass is 112 g/mol. The van der Waals surface area contributed by atoms with Gasteiger partial charge in [-0.25, -0.2) is 0 Å². The molecule has 0 aliphatic carbocycles. The van der Waals surface area contributed by atoms with E-state index in [-0.39, 0.29) is 5.70 Å². The summed E-state index contributed by atoms with van der Waals surface area (Å²) >= 11 is 0. The van der Waals surface area contributed by atoms with E-state index in [0.717, 1.165) is 0 Å². The standard InChI is InChI=1S/C5H6NO2/c6-4-2-1-3-8-5(4)7/h1-3,5H,6H2. The van der Waals surface area contributed by atoms with Crippen LogP contribution in [-0.4, -0.2) is 6.29 Å². The summed E-state index contributed by atoms with van der Waals surface area (Å²) in [5, 5.41) is 10.4. The number of ether oxygens (including phenoxy) is 1. The lowest BCUT2D eigenvalue weighted by molar-refractivity contribution is -0.0740. The van der Waals surface area contributed by atoms with Crippen molar-refractivity contribution >= 4 is 0 Å². The Morgan fingerprint density at radius 2 is 2.50 bits per heavy atom. The quantitative estimate of drug-likeness (QED) is 0.484. The van der Waals surface area contributed by atoms with Crippen LogP contribution in [0.25, 0.3) is 0 Å². The fourth-order valence-electron chi connectivity index (χ4n) is 0.424. The van der Waals surface area contributed by atoms with Crippen LogP contribution in [0, 0.1) is 0 Å². The summed E-state index contributed by atoms with van der Waals surface area (Å²) in [5.74, 6) is 0. The van der Waals surface area contributed by atoms with Gasteiger partial charge >= 0.3 is 0 Å². The molecule has 1 atom stereocenters. The normalized spacial score (nSPS) is 26.6. The van der Waals surface area contributed by atoms with Gasteiger partial charge in [0.25, 0.3) is 6.29 Å². The molecule has 1 aliphatic rings. The average molecular weight is 112 g/mol. The van der Waals surface area contributed by atoms with Crippen molar-refractivity contribution in [2.45, 2.75) is 6.29 Å². The maximum Gasteiger partial charge on any atom is 0.269 e. The lowest BCUT2D eigenvalue weighted by Gasteiger charge is -2.09. The van der Waals surface area contributed by atoms with E-state index in [1.165, 1.54) is 12.3 Å². The Labute approximate surface area is 47.1 Å². The first kappa shape index (κ1) is 5.18. The Balaban J connectivity index is 2.66. The third-order valence-corrected chi connectivity index (χ3v) is 0.842. The van der Waals surface area contributed by atoms with E-state index in [9.17, 15) is 5.11 Å². The minimum absolute atomic E-state index is 0.229. The van der Waals surface area contributed by atoms with E-state index in [1.54, 1.807) is 6.08 Å². The van der Waals surface area contributed by atoms with Gasteiger partial charge in [0.1, 0.15) is 0 Å². The first-order valence-corrected chi connectivity index (χ1v) is 2.24. The van der Waals surface area contributed by atoms with Crippen LogP contribution in [0.15, 0.2) is 24.1 Å². The second kappa shape index (κ2) is 1.88. The van der Waals surface area contributed by atoms with Gasteiger partial charge in [-0.15, -0.1) is 0 Å². The summed E-state index contributed by atoms with van der Waals surface area (Å²) in [6.07, 6.45) is 3.25. The number of hydrogen-bond donors (Lipinski definition) is 1. The summed E-state index contributed by atoms with van der Waals surface area (Å²) < 4.78 is 4.46. The third-order valence-electron chi connectivity index (χ3n) is 0.842. The summed E-state index contributed by atoms with van der Waals surface area (Å²) in [4.78, 5) is 0. The van der Waals surface area contributed by atoms with E-state index < -0.39 is 6.29 Å². The molecule has 0 amide bonds. The Bertz CT molecular complexity index is 139. The van der Waals surface area contributed by atoms with Crippen molar-refractivity contribution in [2.75, 3.05) is 0 Å². The molecule has 0 aromatic carbocycles. The van der Waals surface area contributed by atoms with Crippen LogP contribution in [0.3, 0.4) is 0 Å². The molecule has 3 heteroatoms. The van der Waals surface area contributed by atoms with Crippen LogP contribution in [0.2, 0.25) is 0 Å². The summed E-state index contributed by atoms with van der Waals surface area (Å²) in [6.45, 7) is 0. The van der Waals surface area contributed by atoms with Gasteiger partial charge in [0.15, 0.2) is 0 Å². The lowest BCUT2D eigenvalue weighted by Crippen LogP contribution is -2.18. The van der Waals surface area contributed by atoms with Gasteiger partial charge in [-0.05, 0) is 12.2 Å². The third kappa shape index (κ3) is 0.816. The second-order valence-corrected chi connectivity index (χ2v) is 1.46. The average Bonchev–Trinajstić information content (AvgIpc) is 1.77. The molecule has 43 valence electrons. The molecule has 1 unspecified atom stereocenters. The number of nitrogens with two attached hydrogens (primary N) is 1. The molecule has 3 nitrogen and oxygen atoms in total. The Kier molecular flexibility index (Phi) is 1.22. The molecule has 2 N–H and O–H groups in total. The summed E-state index contributed by atoms with van der Waals surface area (Å²) in [5.41, 5.74) is 5.38. The highest BCUT2D eigenvalue weighted by Crippen LogP contribution is 2.03. The molecule has 0 fully saturated rings. The molecule has 8 heavy (non-hydrogen) atoms. The topological polar surface area (TPSA) is 55.1 Å². The lowest BCUT2D eigenvalue weighted by atomic mass is 10.3. The van der Waals surface area contributed by atoms with Crippen molar-refractivity contribution in [3.8, 4) is 0 Å². The van der Waals surface area contributed by atoms with Gasteiger partial charge in [-0.2, -0.15) is 5.11 Å². The molecule has 1 aliphatic heterocycles. The zero-order valence-corrected chi connectivity index (χ0v) is 4.20. The van der Waals surface area contributed by atoms with Crippen molar-refractivity contribution in [3.63, 3.8) is 0 Å². The van der Waals surface area contributed by atoms with Crippen molar-refractivity contribution in [2.24, 2.45) is 5.73 Å². The van der Waals surface area contributed by atoms with Crippen LogP contribution in [-0.2, 0) is 9.84 Å². The summed E-state index contributed by atoms with van der Waals surface area (Å²) in [7, 11) is 0. The van der Waals surface area contributed by atoms with Crippen LogP contribution in [0.5, 0.6) is 0 Å². The minimum Gasteiger partial charge on any atom is -0.464 e. The molecule has 0 aromatic heterocycles. The van der Waals surface area contributed by atoms with Crippen LogP contribution in [0.1, 0.15) is 0 Å². The number of hydrogen-bond acceptors (Lipinski definition) is 2. The molecule has 1 radical (unpaired) electrons. The van der Waals surface area contributed by atoms with Gasteiger partial charge in [0.05, 0.1) is 12.0 Å². The maximum absolute atomic E-state index is 10.4. The molecule has 0 saturated carbocycles. The Morgan fingerprint density at radius 3 is 2.88 bits per heavy atom. The fourth-order valence-corrected chi connectivity index (χ4v) is 0.424. The first-order chi connectivity index (χ1) is 3.80. The highest BCUT2D eigenvalue weighted by atomic mass is 16.6.